The minimum absolute atomic E-state index is 0.0576. The van der Waals surface area contributed by atoms with Gasteiger partial charge in [0.05, 0.1) is 20.5 Å². The number of ether oxygens (including phenoxy) is 2. The van der Waals surface area contributed by atoms with Gasteiger partial charge in [-0.3, -0.25) is 4.79 Å². The minimum Gasteiger partial charge on any atom is -0.493 e. The highest BCUT2D eigenvalue weighted by molar-refractivity contribution is 6.09. The molecule has 1 amide bonds. The average molecular weight is 312 g/mol. The molecule has 0 saturated heterocycles. The number of carbonyl (C=O) groups is 1. The van der Waals surface area contributed by atoms with Crippen LogP contribution in [-0.2, 0) is 4.79 Å². The van der Waals surface area contributed by atoms with Crippen LogP contribution >= 0.6 is 0 Å². The van der Waals surface area contributed by atoms with Gasteiger partial charge in [0.2, 0.25) is 0 Å². The molecule has 1 aromatic carbocycles. The van der Waals surface area contributed by atoms with E-state index in [-0.39, 0.29) is 5.57 Å². The van der Waals surface area contributed by atoms with Crippen LogP contribution < -0.4 is 14.8 Å². The number of aryl methyl sites for hydroxylation is 1. The molecule has 6 nitrogen and oxygen atoms in total. The topological polar surface area (TPSA) is 84.5 Å². The summed E-state index contributed by atoms with van der Waals surface area (Å²) in [5.74, 6) is 0.974. The van der Waals surface area contributed by atoms with E-state index in [0.717, 1.165) is 5.56 Å². The number of hydrogen-bond donors (Lipinski definition) is 1. The van der Waals surface area contributed by atoms with Crippen LogP contribution in [0.25, 0.3) is 6.08 Å². The Bertz CT molecular complexity index is 784. The Balaban J connectivity index is 2.22. The molecular formula is C17H16N2O4. The van der Waals surface area contributed by atoms with E-state index >= 15 is 0 Å². The molecule has 6 heteroatoms. The maximum atomic E-state index is 12.2. The van der Waals surface area contributed by atoms with Crippen LogP contribution in [0.1, 0.15) is 11.3 Å². The van der Waals surface area contributed by atoms with Gasteiger partial charge in [-0.15, -0.1) is 0 Å². The second-order valence-corrected chi connectivity index (χ2v) is 4.66. The number of amides is 1. The van der Waals surface area contributed by atoms with Crippen molar-refractivity contribution in [2.45, 2.75) is 6.92 Å². The van der Waals surface area contributed by atoms with Crippen LogP contribution in [0.4, 0.5) is 5.69 Å². The first kappa shape index (κ1) is 16.2. The van der Waals surface area contributed by atoms with Crippen LogP contribution in [-0.4, -0.2) is 20.1 Å². The smallest absolute Gasteiger partial charge is 0.266 e. The Labute approximate surface area is 133 Å². The van der Waals surface area contributed by atoms with Crippen LogP contribution in [0, 0.1) is 18.3 Å². The van der Waals surface area contributed by atoms with Gasteiger partial charge in [-0.2, -0.15) is 5.26 Å². The van der Waals surface area contributed by atoms with Crippen LogP contribution in [0.5, 0.6) is 11.5 Å². The van der Waals surface area contributed by atoms with Gasteiger partial charge in [0.1, 0.15) is 17.4 Å². The third-order valence-electron chi connectivity index (χ3n) is 3.18. The maximum absolute atomic E-state index is 12.2. The molecule has 23 heavy (non-hydrogen) atoms. The fourth-order valence-electron chi connectivity index (χ4n) is 1.92. The van der Waals surface area contributed by atoms with E-state index in [1.54, 1.807) is 24.3 Å². The van der Waals surface area contributed by atoms with Gasteiger partial charge in [0.15, 0.2) is 11.5 Å². The van der Waals surface area contributed by atoms with Gasteiger partial charge >= 0.3 is 0 Å². The number of benzene rings is 1. The Kier molecular flexibility index (Phi) is 5.05. The molecule has 0 aliphatic rings. The van der Waals surface area contributed by atoms with Crippen LogP contribution in [0.2, 0.25) is 0 Å². The molecule has 0 atom stereocenters. The first-order valence-corrected chi connectivity index (χ1v) is 6.78. The SMILES string of the molecule is COc1ccc(NC(=O)C(C#N)=Cc2occc2C)cc1OC. The van der Waals surface area contributed by atoms with E-state index in [2.05, 4.69) is 5.32 Å². The van der Waals surface area contributed by atoms with E-state index in [1.165, 1.54) is 26.6 Å². The third kappa shape index (κ3) is 3.71. The van der Waals surface area contributed by atoms with Gasteiger partial charge in [-0.05, 0) is 30.7 Å². The molecular weight excluding hydrogens is 296 g/mol. The molecule has 0 aliphatic carbocycles. The molecule has 2 aromatic rings. The van der Waals surface area contributed by atoms with Crippen molar-refractivity contribution in [2.24, 2.45) is 0 Å². The lowest BCUT2D eigenvalue weighted by Crippen LogP contribution is -2.13. The van der Waals surface area contributed by atoms with Gasteiger partial charge in [0.25, 0.3) is 5.91 Å². The number of methoxy groups -OCH3 is 2. The number of anilines is 1. The molecule has 0 bridgehead atoms. The highest BCUT2D eigenvalue weighted by Crippen LogP contribution is 2.29. The maximum Gasteiger partial charge on any atom is 0.266 e. The lowest BCUT2D eigenvalue weighted by atomic mass is 10.2. The molecule has 0 unspecified atom stereocenters. The summed E-state index contributed by atoms with van der Waals surface area (Å²) in [6.07, 6.45) is 2.91. The lowest BCUT2D eigenvalue weighted by Gasteiger charge is -2.10. The van der Waals surface area contributed by atoms with Gasteiger partial charge in [-0.25, -0.2) is 0 Å². The van der Waals surface area contributed by atoms with Crippen molar-refractivity contribution < 1.29 is 18.7 Å². The van der Waals surface area contributed by atoms with Crippen molar-refractivity contribution in [3.05, 3.63) is 47.4 Å². The van der Waals surface area contributed by atoms with Crippen molar-refractivity contribution in [2.75, 3.05) is 19.5 Å². The highest BCUT2D eigenvalue weighted by Gasteiger charge is 2.13. The first-order valence-electron chi connectivity index (χ1n) is 6.78. The predicted octanol–water partition coefficient (Wildman–Crippen LogP) is 3.15. The Morgan fingerprint density at radius 2 is 2.00 bits per heavy atom. The summed E-state index contributed by atoms with van der Waals surface area (Å²) in [5, 5.41) is 11.8. The standard InChI is InChI=1S/C17H16N2O4/c1-11-6-7-23-15(11)8-12(10-18)17(20)19-13-4-5-14(21-2)16(9-13)22-3/h4-9H,1-3H3,(H,19,20). The molecule has 0 fully saturated rings. The quantitative estimate of drug-likeness (QED) is 0.677. The van der Waals surface area contributed by atoms with Crippen molar-refractivity contribution in [1.82, 2.24) is 0 Å². The van der Waals surface area contributed by atoms with Crippen molar-refractivity contribution in [3.8, 4) is 17.6 Å². The molecule has 0 aliphatic heterocycles. The van der Waals surface area contributed by atoms with E-state index in [1.807, 2.05) is 13.0 Å². The summed E-state index contributed by atoms with van der Waals surface area (Å²) in [6.45, 7) is 1.83. The fourth-order valence-corrected chi connectivity index (χ4v) is 1.92. The zero-order valence-corrected chi connectivity index (χ0v) is 13.0. The second kappa shape index (κ2) is 7.18. The van der Waals surface area contributed by atoms with Crippen LogP contribution in [0.3, 0.4) is 0 Å². The lowest BCUT2D eigenvalue weighted by molar-refractivity contribution is -0.112. The number of nitriles is 1. The van der Waals surface area contributed by atoms with Crippen molar-refractivity contribution >= 4 is 17.7 Å². The van der Waals surface area contributed by atoms with E-state index < -0.39 is 5.91 Å². The summed E-state index contributed by atoms with van der Waals surface area (Å²) in [4.78, 5) is 12.2. The highest BCUT2D eigenvalue weighted by atomic mass is 16.5. The van der Waals surface area contributed by atoms with Gasteiger partial charge in [-0.1, -0.05) is 0 Å². The van der Waals surface area contributed by atoms with E-state index in [4.69, 9.17) is 13.9 Å². The third-order valence-corrected chi connectivity index (χ3v) is 3.18. The monoisotopic (exact) mass is 312 g/mol. The molecule has 0 saturated carbocycles. The van der Waals surface area contributed by atoms with Crippen molar-refractivity contribution in [3.63, 3.8) is 0 Å². The Morgan fingerprint density at radius 1 is 1.26 bits per heavy atom. The largest absolute Gasteiger partial charge is 0.493 e. The average Bonchev–Trinajstić information content (AvgIpc) is 2.97. The molecule has 118 valence electrons. The van der Waals surface area contributed by atoms with Crippen LogP contribution in [0.15, 0.2) is 40.5 Å². The minimum atomic E-state index is -0.532. The number of furan rings is 1. The van der Waals surface area contributed by atoms with E-state index in [0.29, 0.717) is 22.9 Å². The Hall–Kier alpha value is -3.20. The molecule has 1 heterocycles. The molecule has 2 rings (SSSR count). The normalized spacial score (nSPS) is 10.8. The molecule has 0 spiro atoms. The zero-order chi connectivity index (χ0) is 16.8. The summed E-state index contributed by atoms with van der Waals surface area (Å²) >= 11 is 0. The number of carbonyl (C=O) groups excluding carboxylic acids is 1. The Morgan fingerprint density at radius 3 is 2.57 bits per heavy atom. The number of hydrogen-bond acceptors (Lipinski definition) is 5. The number of rotatable bonds is 5. The molecule has 1 aromatic heterocycles. The molecule has 0 radical (unpaired) electrons. The molecule has 1 N–H and O–H groups in total. The summed E-state index contributed by atoms with van der Waals surface area (Å²) in [7, 11) is 3.03. The van der Waals surface area contributed by atoms with Crippen molar-refractivity contribution in [1.29, 1.82) is 5.26 Å². The summed E-state index contributed by atoms with van der Waals surface area (Å²) in [5.41, 5.74) is 1.28. The van der Waals surface area contributed by atoms with Gasteiger partial charge in [0, 0.05) is 17.8 Å². The second-order valence-electron chi connectivity index (χ2n) is 4.66. The number of nitrogens with zero attached hydrogens (tertiary/aromatic N) is 1. The fraction of sp³-hybridized carbons (Fsp3) is 0.176. The number of nitrogens with one attached hydrogen (secondary N) is 1. The first-order chi connectivity index (χ1) is 11.1. The summed E-state index contributed by atoms with van der Waals surface area (Å²) in [6, 6.07) is 8.57. The van der Waals surface area contributed by atoms with E-state index in [9.17, 15) is 10.1 Å². The predicted molar refractivity (Wildman–Crippen MR) is 85.2 cm³/mol. The summed E-state index contributed by atoms with van der Waals surface area (Å²) < 4.78 is 15.5. The van der Waals surface area contributed by atoms with Gasteiger partial charge < -0.3 is 19.2 Å². The zero-order valence-electron chi connectivity index (χ0n) is 13.0.